The Morgan fingerprint density at radius 3 is 2.23 bits per heavy atom. The van der Waals surface area contributed by atoms with Gasteiger partial charge in [0.05, 0.1) is 26.8 Å². The van der Waals surface area contributed by atoms with Crippen molar-refractivity contribution in [3.63, 3.8) is 0 Å². The maximum Gasteiger partial charge on any atom is 0.418 e. The van der Waals surface area contributed by atoms with Gasteiger partial charge < -0.3 is 0 Å². The molecule has 1 aromatic heterocycles. The molecular formula is C32H25ClF3NO2S. The van der Waals surface area contributed by atoms with Crippen LogP contribution in [0.5, 0.6) is 0 Å². The van der Waals surface area contributed by atoms with Crippen molar-refractivity contribution in [2.24, 2.45) is 0 Å². The number of sulfone groups is 1. The van der Waals surface area contributed by atoms with Gasteiger partial charge in [-0.2, -0.15) is 13.2 Å². The lowest BCUT2D eigenvalue weighted by atomic mass is 9.90. The first kappa shape index (κ1) is 27.9. The van der Waals surface area contributed by atoms with E-state index < -0.39 is 21.6 Å². The number of halogens is 4. The smallest absolute Gasteiger partial charge is 0.255 e. The van der Waals surface area contributed by atoms with Gasteiger partial charge in [-0.1, -0.05) is 85.3 Å². The maximum absolute atomic E-state index is 13.9. The third-order valence-electron chi connectivity index (χ3n) is 6.74. The van der Waals surface area contributed by atoms with Crippen LogP contribution >= 0.6 is 11.6 Å². The minimum Gasteiger partial charge on any atom is -0.255 e. The van der Waals surface area contributed by atoms with Crippen LogP contribution < -0.4 is 0 Å². The Morgan fingerprint density at radius 2 is 1.52 bits per heavy atom. The lowest BCUT2D eigenvalue weighted by molar-refractivity contribution is -0.136. The average Bonchev–Trinajstić information content (AvgIpc) is 2.92. The van der Waals surface area contributed by atoms with Gasteiger partial charge in [0.2, 0.25) is 0 Å². The molecule has 0 fully saturated rings. The molecule has 3 nitrogen and oxygen atoms in total. The van der Waals surface area contributed by atoms with Crippen LogP contribution in [-0.2, 0) is 22.4 Å². The van der Waals surface area contributed by atoms with Crippen molar-refractivity contribution in [2.45, 2.75) is 30.8 Å². The van der Waals surface area contributed by atoms with E-state index in [0.29, 0.717) is 34.9 Å². The van der Waals surface area contributed by atoms with Crippen molar-refractivity contribution >= 4 is 32.3 Å². The Balaban J connectivity index is 1.68. The maximum atomic E-state index is 13.9. The summed E-state index contributed by atoms with van der Waals surface area (Å²) in [6.07, 6.45) is -2.07. The van der Waals surface area contributed by atoms with E-state index in [-0.39, 0.29) is 21.2 Å². The van der Waals surface area contributed by atoms with Crippen molar-refractivity contribution in [2.75, 3.05) is 5.75 Å². The fraction of sp³-hybridized carbons (Fsp3) is 0.156. The molecule has 0 aliphatic rings. The van der Waals surface area contributed by atoms with Gasteiger partial charge in [-0.15, -0.1) is 0 Å². The Labute approximate surface area is 236 Å². The third kappa shape index (κ3) is 5.62. The standard InChI is InChI=1S/C32H25ClF3NO2S/c1-2-16-40(38,39)29-15-14-23(19-28(29)33)22-10-6-11-24(18-22)30-25(17-21-8-4-3-5-9-21)20-37-31-26(30)12-7-13-27(31)32(34,35)36/h3-15,18-20H,2,16-17H2,1H3. The van der Waals surface area contributed by atoms with Gasteiger partial charge in [-0.05, 0) is 70.5 Å². The monoisotopic (exact) mass is 579 g/mol. The van der Waals surface area contributed by atoms with Crippen LogP contribution in [-0.4, -0.2) is 19.2 Å². The molecule has 8 heteroatoms. The largest absolute Gasteiger partial charge is 0.418 e. The van der Waals surface area contributed by atoms with Crippen molar-refractivity contribution in [1.82, 2.24) is 4.98 Å². The summed E-state index contributed by atoms with van der Waals surface area (Å²) in [5.41, 5.74) is 3.72. The second kappa shape index (κ2) is 11.1. The van der Waals surface area contributed by atoms with E-state index in [9.17, 15) is 21.6 Å². The lowest BCUT2D eigenvalue weighted by Crippen LogP contribution is -2.07. The van der Waals surface area contributed by atoms with Crippen LogP contribution in [0, 0.1) is 0 Å². The molecule has 1 heterocycles. The number of aromatic nitrogens is 1. The molecule has 4 aromatic carbocycles. The molecule has 5 aromatic rings. The first-order valence-electron chi connectivity index (χ1n) is 12.7. The predicted octanol–water partition coefficient (Wildman–Crippen LogP) is 9.02. The molecule has 0 saturated carbocycles. The Bertz CT molecular complexity index is 1800. The SMILES string of the molecule is CCCS(=O)(=O)c1ccc(-c2cccc(-c3c(Cc4ccccc4)cnc4c(C(F)(F)F)cccc34)c2)cc1Cl. The molecule has 0 bridgehead atoms. The van der Waals surface area contributed by atoms with Gasteiger partial charge in [0.25, 0.3) is 0 Å². The number of hydrogen-bond acceptors (Lipinski definition) is 3. The molecule has 0 amide bonds. The lowest BCUT2D eigenvalue weighted by Gasteiger charge is -2.17. The summed E-state index contributed by atoms with van der Waals surface area (Å²) in [6, 6.07) is 26.0. The number of benzene rings is 4. The fourth-order valence-electron chi connectivity index (χ4n) is 4.95. The van der Waals surface area contributed by atoms with Gasteiger partial charge in [0.15, 0.2) is 9.84 Å². The van der Waals surface area contributed by atoms with E-state index in [1.807, 2.05) is 54.6 Å². The van der Waals surface area contributed by atoms with E-state index in [1.165, 1.54) is 18.3 Å². The zero-order valence-corrected chi connectivity index (χ0v) is 23.1. The Hall–Kier alpha value is -3.68. The molecule has 0 spiro atoms. The number of para-hydroxylation sites is 1. The second-order valence-corrected chi connectivity index (χ2v) is 12.0. The Kier molecular flexibility index (Phi) is 7.71. The van der Waals surface area contributed by atoms with Crippen LogP contribution in [0.25, 0.3) is 33.2 Å². The molecule has 0 aliphatic heterocycles. The molecule has 0 N–H and O–H groups in total. The predicted molar refractivity (Wildman–Crippen MR) is 154 cm³/mol. The van der Waals surface area contributed by atoms with E-state index in [0.717, 1.165) is 22.8 Å². The van der Waals surface area contributed by atoms with Gasteiger partial charge >= 0.3 is 6.18 Å². The van der Waals surface area contributed by atoms with Gasteiger partial charge in [0.1, 0.15) is 0 Å². The molecule has 0 atom stereocenters. The highest BCUT2D eigenvalue weighted by molar-refractivity contribution is 7.91. The minimum atomic E-state index is -4.55. The first-order valence-corrected chi connectivity index (χ1v) is 14.8. The van der Waals surface area contributed by atoms with Crippen LogP contribution in [0.4, 0.5) is 13.2 Å². The molecule has 204 valence electrons. The zero-order valence-electron chi connectivity index (χ0n) is 21.5. The number of nitrogens with zero attached hydrogens (tertiary/aromatic N) is 1. The van der Waals surface area contributed by atoms with Crippen molar-refractivity contribution in [3.8, 4) is 22.3 Å². The van der Waals surface area contributed by atoms with Crippen molar-refractivity contribution in [1.29, 1.82) is 0 Å². The summed E-state index contributed by atoms with van der Waals surface area (Å²) in [7, 11) is -3.50. The van der Waals surface area contributed by atoms with E-state index in [1.54, 1.807) is 25.1 Å². The van der Waals surface area contributed by atoms with Gasteiger partial charge in [0, 0.05) is 11.6 Å². The second-order valence-electron chi connectivity index (χ2n) is 9.57. The quantitative estimate of drug-likeness (QED) is 0.193. The molecule has 40 heavy (non-hydrogen) atoms. The third-order valence-corrected chi connectivity index (χ3v) is 9.14. The zero-order chi connectivity index (χ0) is 28.5. The van der Waals surface area contributed by atoms with Crippen molar-refractivity contribution in [3.05, 3.63) is 119 Å². The van der Waals surface area contributed by atoms with Crippen LogP contribution in [0.15, 0.2) is 102 Å². The number of alkyl halides is 3. The summed E-state index contributed by atoms with van der Waals surface area (Å²) in [4.78, 5) is 4.36. The van der Waals surface area contributed by atoms with Crippen LogP contribution in [0.1, 0.15) is 30.0 Å². The normalized spacial score (nSPS) is 12.1. The highest BCUT2D eigenvalue weighted by Crippen LogP contribution is 2.40. The highest BCUT2D eigenvalue weighted by Gasteiger charge is 2.33. The summed E-state index contributed by atoms with van der Waals surface area (Å²) in [5.74, 6) is 0.000768. The summed E-state index contributed by atoms with van der Waals surface area (Å²) < 4.78 is 66.8. The molecular weight excluding hydrogens is 555 g/mol. The van der Waals surface area contributed by atoms with Crippen LogP contribution in [0.2, 0.25) is 5.02 Å². The average molecular weight is 580 g/mol. The topological polar surface area (TPSA) is 47.0 Å². The Morgan fingerprint density at radius 1 is 0.825 bits per heavy atom. The number of rotatable bonds is 7. The minimum absolute atomic E-state index is 0.000768. The van der Waals surface area contributed by atoms with Gasteiger partial charge in [-0.3, -0.25) is 4.98 Å². The van der Waals surface area contributed by atoms with E-state index in [2.05, 4.69) is 4.98 Å². The summed E-state index contributed by atoms with van der Waals surface area (Å²) in [6.45, 7) is 1.79. The molecule has 0 unspecified atom stereocenters. The fourth-order valence-corrected chi connectivity index (χ4v) is 6.87. The first-order chi connectivity index (χ1) is 19.1. The molecule has 5 rings (SSSR count). The summed E-state index contributed by atoms with van der Waals surface area (Å²) >= 11 is 6.42. The highest BCUT2D eigenvalue weighted by atomic mass is 35.5. The number of fused-ring (bicyclic) bond motifs is 1. The van der Waals surface area contributed by atoms with Gasteiger partial charge in [-0.25, -0.2) is 8.42 Å². The summed E-state index contributed by atoms with van der Waals surface area (Å²) in [5, 5.41) is 0.532. The van der Waals surface area contributed by atoms with Crippen LogP contribution in [0.3, 0.4) is 0 Å². The number of pyridine rings is 1. The number of hydrogen-bond donors (Lipinski definition) is 0. The molecule has 0 radical (unpaired) electrons. The van der Waals surface area contributed by atoms with E-state index >= 15 is 0 Å². The molecule has 0 aliphatic carbocycles. The van der Waals surface area contributed by atoms with E-state index in [4.69, 9.17) is 11.6 Å². The van der Waals surface area contributed by atoms with Crippen molar-refractivity contribution < 1.29 is 21.6 Å². The molecule has 0 saturated heterocycles.